The van der Waals surface area contributed by atoms with E-state index in [9.17, 15) is 0 Å². The summed E-state index contributed by atoms with van der Waals surface area (Å²) in [5.74, 6) is 0. The molecule has 1 fully saturated rings. The van der Waals surface area contributed by atoms with Gasteiger partial charge in [-0.3, -0.25) is 0 Å². The zero-order valence-electron chi connectivity index (χ0n) is 14.3. The van der Waals surface area contributed by atoms with Gasteiger partial charge < -0.3 is 14.2 Å². The molecule has 0 spiro atoms. The van der Waals surface area contributed by atoms with Crippen LogP contribution in [0.5, 0.6) is 0 Å². The lowest BCUT2D eigenvalue weighted by Crippen LogP contribution is -2.33. The SMILES string of the molecule is C=C/C(Br)=C(\C=C)C1OC(c2ccccc2Br)OC(c2ccccc2Br)O1. The molecule has 0 radical (unpaired) electrons. The monoisotopic (exact) mass is 554 g/mol. The molecule has 1 heterocycles. The van der Waals surface area contributed by atoms with Crippen molar-refractivity contribution in [3.63, 3.8) is 0 Å². The summed E-state index contributed by atoms with van der Waals surface area (Å²) in [6.45, 7) is 7.68. The standard InChI is InChI=1S/C21H17Br3O3/c1-3-13(16(22)4-2)19-25-20(14-9-5-7-11-17(14)23)27-21(26-19)15-10-6-8-12-18(15)24/h3-12,19-21H,1-2H2/b16-13-. The summed E-state index contributed by atoms with van der Waals surface area (Å²) in [5.41, 5.74) is 2.49. The van der Waals surface area contributed by atoms with Crippen molar-refractivity contribution in [2.75, 3.05) is 0 Å². The highest BCUT2D eigenvalue weighted by molar-refractivity contribution is 9.12. The molecule has 1 aliphatic rings. The largest absolute Gasteiger partial charge is 0.315 e. The van der Waals surface area contributed by atoms with E-state index in [4.69, 9.17) is 14.2 Å². The first-order valence-electron chi connectivity index (χ1n) is 8.15. The van der Waals surface area contributed by atoms with Crippen LogP contribution in [0.1, 0.15) is 23.7 Å². The quantitative estimate of drug-likeness (QED) is 0.361. The summed E-state index contributed by atoms with van der Waals surface area (Å²) < 4.78 is 20.9. The molecule has 1 aliphatic heterocycles. The lowest BCUT2D eigenvalue weighted by molar-refractivity contribution is -0.381. The zero-order valence-corrected chi connectivity index (χ0v) is 19.0. The molecule has 27 heavy (non-hydrogen) atoms. The van der Waals surface area contributed by atoms with Gasteiger partial charge in [0.1, 0.15) is 0 Å². The third-order valence-electron chi connectivity index (χ3n) is 3.99. The second kappa shape index (κ2) is 9.45. The average molecular weight is 557 g/mol. The van der Waals surface area contributed by atoms with Gasteiger partial charge in [-0.05, 0) is 12.1 Å². The summed E-state index contributed by atoms with van der Waals surface area (Å²) >= 11 is 10.6. The fraction of sp³-hybridized carbons (Fsp3) is 0.143. The smallest absolute Gasteiger partial charge is 0.191 e. The highest BCUT2D eigenvalue weighted by Gasteiger charge is 2.36. The van der Waals surface area contributed by atoms with Crippen LogP contribution < -0.4 is 0 Å². The minimum atomic E-state index is -0.683. The molecule has 0 bridgehead atoms. The van der Waals surface area contributed by atoms with E-state index in [0.717, 1.165) is 30.1 Å². The summed E-state index contributed by atoms with van der Waals surface area (Å²) in [7, 11) is 0. The maximum absolute atomic E-state index is 6.16. The van der Waals surface area contributed by atoms with Gasteiger partial charge in [-0.2, -0.15) is 0 Å². The van der Waals surface area contributed by atoms with Crippen molar-refractivity contribution < 1.29 is 14.2 Å². The van der Waals surface area contributed by atoms with Crippen LogP contribution in [0.2, 0.25) is 0 Å². The van der Waals surface area contributed by atoms with Crippen LogP contribution in [-0.2, 0) is 14.2 Å². The minimum Gasteiger partial charge on any atom is -0.315 e. The average Bonchev–Trinajstić information content (AvgIpc) is 2.69. The number of ether oxygens (including phenoxy) is 3. The Labute approximate surface area is 184 Å². The molecule has 3 rings (SSSR count). The Morgan fingerprint density at radius 1 is 0.778 bits per heavy atom. The molecule has 140 valence electrons. The van der Waals surface area contributed by atoms with E-state index in [0.29, 0.717) is 0 Å². The molecule has 2 aromatic rings. The molecule has 0 saturated carbocycles. The third-order valence-corrected chi connectivity index (χ3v) is 6.21. The molecule has 2 atom stereocenters. The van der Waals surface area contributed by atoms with Crippen LogP contribution in [0, 0.1) is 0 Å². The number of hydrogen-bond acceptors (Lipinski definition) is 3. The van der Waals surface area contributed by atoms with Gasteiger partial charge >= 0.3 is 0 Å². The zero-order chi connectivity index (χ0) is 19.4. The van der Waals surface area contributed by atoms with Gasteiger partial charge in [-0.25, -0.2) is 0 Å². The topological polar surface area (TPSA) is 27.7 Å². The summed E-state index contributed by atoms with van der Waals surface area (Å²) in [6.07, 6.45) is 1.43. The van der Waals surface area contributed by atoms with Crippen molar-refractivity contribution in [1.29, 1.82) is 0 Å². The Bertz CT molecular complexity index is 825. The maximum Gasteiger partial charge on any atom is 0.191 e. The molecule has 1 saturated heterocycles. The van der Waals surface area contributed by atoms with Gasteiger partial charge in [-0.1, -0.05) is 109 Å². The van der Waals surface area contributed by atoms with E-state index in [1.165, 1.54) is 0 Å². The van der Waals surface area contributed by atoms with Gasteiger partial charge in [0, 0.05) is 30.1 Å². The summed E-state index contributed by atoms with van der Waals surface area (Å²) in [4.78, 5) is 0. The van der Waals surface area contributed by atoms with Crippen molar-refractivity contribution in [2.45, 2.75) is 18.9 Å². The minimum absolute atomic E-state index is 0.628. The van der Waals surface area contributed by atoms with Gasteiger partial charge in [0.15, 0.2) is 18.9 Å². The Hall–Kier alpha value is -1.02. The fourth-order valence-electron chi connectivity index (χ4n) is 2.63. The van der Waals surface area contributed by atoms with E-state index in [2.05, 4.69) is 60.9 Å². The molecule has 3 nitrogen and oxygen atoms in total. The van der Waals surface area contributed by atoms with Crippen molar-refractivity contribution in [2.24, 2.45) is 0 Å². The first-order valence-corrected chi connectivity index (χ1v) is 10.5. The Balaban J connectivity index is 2.03. The molecule has 0 aromatic heterocycles. The van der Waals surface area contributed by atoms with E-state index in [1.54, 1.807) is 12.2 Å². The van der Waals surface area contributed by atoms with Gasteiger partial charge in [0.2, 0.25) is 0 Å². The lowest BCUT2D eigenvalue weighted by Gasteiger charge is -2.37. The summed E-state index contributed by atoms with van der Waals surface area (Å²) in [6, 6.07) is 15.6. The number of halogens is 3. The molecule has 6 heteroatoms. The third kappa shape index (κ3) is 4.70. The van der Waals surface area contributed by atoms with E-state index >= 15 is 0 Å². The first kappa shape index (κ1) is 20.7. The molecular weight excluding hydrogens is 540 g/mol. The second-order valence-electron chi connectivity index (χ2n) is 5.66. The van der Waals surface area contributed by atoms with Crippen LogP contribution in [0.3, 0.4) is 0 Å². The highest BCUT2D eigenvalue weighted by Crippen LogP contribution is 2.42. The number of rotatable bonds is 5. The van der Waals surface area contributed by atoms with Crippen molar-refractivity contribution >= 4 is 47.8 Å². The number of hydrogen-bond donors (Lipinski definition) is 0. The van der Waals surface area contributed by atoms with Crippen LogP contribution >= 0.6 is 47.8 Å². The predicted molar refractivity (Wildman–Crippen MR) is 117 cm³/mol. The summed E-state index contributed by atoms with van der Waals surface area (Å²) in [5, 5.41) is 0. The maximum atomic E-state index is 6.16. The van der Waals surface area contributed by atoms with Crippen molar-refractivity contribution in [3.8, 4) is 0 Å². The Morgan fingerprint density at radius 3 is 1.67 bits per heavy atom. The van der Waals surface area contributed by atoms with Gasteiger partial charge in [-0.15, -0.1) is 0 Å². The van der Waals surface area contributed by atoms with E-state index < -0.39 is 18.9 Å². The Morgan fingerprint density at radius 2 is 1.26 bits per heavy atom. The van der Waals surface area contributed by atoms with Crippen LogP contribution in [0.15, 0.2) is 92.8 Å². The van der Waals surface area contributed by atoms with Gasteiger partial charge in [0.25, 0.3) is 0 Å². The molecule has 2 aromatic carbocycles. The highest BCUT2D eigenvalue weighted by atomic mass is 79.9. The second-order valence-corrected chi connectivity index (χ2v) is 8.22. The Kier molecular flexibility index (Phi) is 7.25. The normalized spacial score (nSPS) is 23.4. The molecular formula is C21H17Br3O3. The van der Waals surface area contributed by atoms with Crippen LogP contribution in [0.25, 0.3) is 0 Å². The van der Waals surface area contributed by atoms with Crippen molar-refractivity contribution in [1.82, 2.24) is 0 Å². The molecule has 0 N–H and O–H groups in total. The van der Waals surface area contributed by atoms with Gasteiger partial charge in [0.05, 0.1) is 0 Å². The van der Waals surface area contributed by atoms with E-state index in [-0.39, 0.29) is 0 Å². The number of benzene rings is 2. The molecule has 0 amide bonds. The molecule has 2 unspecified atom stereocenters. The van der Waals surface area contributed by atoms with Crippen LogP contribution in [-0.4, -0.2) is 6.29 Å². The van der Waals surface area contributed by atoms with Crippen LogP contribution in [0.4, 0.5) is 0 Å². The fourth-order valence-corrected chi connectivity index (χ4v) is 3.92. The lowest BCUT2D eigenvalue weighted by atomic mass is 10.1. The molecule has 0 aliphatic carbocycles. The van der Waals surface area contributed by atoms with Crippen molar-refractivity contribution in [3.05, 3.63) is 104 Å². The number of allylic oxidation sites excluding steroid dienone is 2. The first-order chi connectivity index (χ1) is 13.0. The van der Waals surface area contributed by atoms with E-state index in [1.807, 2.05) is 48.5 Å². The predicted octanol–water partition coefficient (Wildman–Crippen LogP) is 7.32.